The van der Waals surface area contributed by atoms with Crippen molar-refractivity contribution in [1.29, 1.82) is 0 Å². The van der Waals surface area contributed by atoms with E-state index in [1.165, 1.54) is 23.5 Å². The van der Waals surface area contributed by atoms with Crippen molar-refractivity contribution < 1.29 is 22.8 Å². The molecule has 10 heteroatoms. The van der Waals surface area contributed by atoms with Gasteiger partial charge >= 0.3 is 6.18 Å². The summed E-state index contributed by atoms with van der Waals surface area (Å²) in [6.45, 7) is 4.16. The summed E-state index contributed by atoms with van der Waals surface area (Å²) in [6, 6.07) is 12.7. The minimum Gasteiger partial charge on any atom is -0.336 e. The Balaban J connectivity index is 1.09. The Hall–Kier alpha value is -3.24. The molecule has 3 heterocycles. The molecule has 0 bridgehead atoms. The lowest BCUT2D eigenvalue weighted by atomic mass is 10.0. The Morgan fingerprint density at radius 1 is 0.861 bits per heavy atom. The third-order valence-electron chi connectivity index (χ3n) is 6.77. The number of rotatable bonds is 5. The highest BCUT2D eigenvalue weighted by molar-refractivity contribution is 7.11. The van der Waals surface area contributed by atoms with E-state index in [9.17, 15) is 22.8 Å². The molecule has 3 aromatic rings. The minimum atomic E-state index is -4.34. The van der Waals surface area contributed by atoms with E-state index < -0.39 is 11.7 Å². The number of aromatic nitrogens is 1. The quantitative estimate of drug-likeness (QED) is 0.516. The minimum absolute atomic E-state index is 0.0168. The number of carbonyl (C=O) groups excluding carboxylic acids is 2. The molecule has 0 N–H and O–H groups in total. The van der Waals surface area contributed by atoms with Gasteiger partial charge in [-0.1, -0.05) is 24.3 Å². The fraction of sp³-hybridized carbons (Fsp3) is 0.346. The second-order valence-corrected chi connectivity index (χ2v) is 9.99. The van der Waals surface area contributed by atoms with Crippen LogP contribution in [0.3, 0.4) is 0 Å². The molecule has 0 aliphatic carbocycles. The lowest BCUT2D eigenvalue weighted by Crippen LogP contribution is -2.64. The summed E-state index contributed by atoms with van der Waals surface area (Å²) in [5, 5.41) is 2.32. The van der Waals surface area contributed by atoms with Crippen LogP contribution in [0, 0.1) is 0 Å². The summed E-state index contributed by atoms with van der Waals surface area (Å²) in [7, 11) is 0. The fourth-order valence-corrected chi connectivity index (χ4v) is 5.20. The molecule has 2 amide bonds. The number of thiazole rings is 1. The van der Waals surface area contributed by atoms with Crippen molar-refractivity contribution in [1.82, 2.24) is 19.7 Å². The van der Waals surface area contributed by atoms with Crippen LogP contribution < -0.4 is 0 Å². The van der Waals surface area contributed by atoms with Crippen LogP contribution in [0.2, 0.25) is 0 Å². The highest BCUT2D eigenvalue weighted by Crippen LogP contribution is 2.29. The molecule has 6 nitrogen and oxygen atoms in total. The monoisotopic (exact) mass is 514 g/mol. The van der Waals surface area contributed by atoms with Gasteiger partial charge in [-0.15, -0.1) is 11.3 Å². The molecule has 0 atom stereocenters. The SMILES string of the molecule is O=C(c1ccc(Cc2ccc(C(F)(F)F)cc2)cc1)N1CCN(C2CN(C(=O)c3nccs3)C2)CC1. The molecule has 2 aliphatic rings. The molecule has 5 rings (SSSR count). The van der Waals surface area contributed by atoms with Crippen molar-refractivity contribution in [3.05, 3.63) is 87.4 Å². The van der Waals surface area contributed by atoms with Crippen LogP contribution in [0.15, 0.2) is 60.1 Å². The molecule has 188 valence electrons. The van der Waals surface area contributed by atoms with Gasteiger partial charge in [0.15, 0.2) is 5.01 Å². The molecule has 0 radical (unpaired) electrons. The third kappa shape index (κ3) is 5.29. The second-order valence-electron chi connectivity index (χ2n) is 9.10. The Morgan fingerprint density at radius 3 is 2.03 bits per heavy atom. The van der Waals surface area contributed by atoms with E-state index >= 15 is 0 Å². The number of carbonyl (C=O) groups is 2. The fourth-order valence-electron chi connectivity index (χ4n) is 4.60. The van der Waals surface area contributed by atoms with E-state index in [1.54, 1.807) is 23.7 Å². The van der Waals surface area contributed by atoms with Gasteiger partial charge in [-0.3, -0.25) is 14.5 Å². The number of likely N-dealkylation sites (tertiary alicyclic amines) is 1. The standard InChI is InChI=1S/C26H25F3N4O2S/c27-26(28,29)21-7-3-19(4-8-21)15-18-1-5-20(6-2-18)24(34)32-12-10-31(11-13-32)22-16-33(17-22)25(35)23-30-9-14-36-23/h1-9,14,22H,10-13,15-17H2. The van der Waals surface area contributed by atoms with E-state index in [0.29, 0.717) is 49.2 Å². The maximum Gasteiger partial charge on any atom is 0.416 e. The van der Waals surface area contributed by atoms with Gasteiger partial charge in [-0.25, -0.2) is 4.98 Å². The van der Waals surface area contributed by atoms with E-state index in [-0.39, 0.29) is 11.8 Å². The van der Waals surface area contributed by atoms with Gasteiger partial charge in [0.05, 0.1) is 5.56 Å². The normalized spacial score (nSPS) is 17.2. The molecule has 2 aromatic carbocycles. The van der Waals surface area contributed by atoms with Gasteiger partial charge in [0.25, 0.3) is 11.8 Å². The average molecular weight is 515 g/mol. The first-order chi connectivity index (χ1) is 17.3. The van der Waals surface area contributed by atoms with Crippen molar-refractivity contribution in [2.45, 2.75) is 18.6 Å². The zero-order valence-corrected chi connectivity index (χ0v) is 20.3. The van der Waals surface area contributed by atoms with Crippen LogP contribution in [0.25, 0.3) is 0 Å². The molecule has 2 fully saturated rings. The van der Waals surface area contributed by atoms with E-state index in [2.05, 4.69) is 9.88 Å². The smallest absolute Gasteiger partial charge is 0.336 e. The van der Waals surface area contributed by atoms with Gasteiger partial charge in [-0.2, -0.15) is 13.2 Å². The largest absolute Gasteiger partial charge is 0.416 e. The maximum atomic E-state index is 13.0. The van der Waals surface area contributed by atoms with Crippen molar-refractivity contribution in [2.24, 2.45) is 0 Å². The lowest BCUT2D eigenvalue weighted by Gasteiger charge is -2.47. The molecule has 0 saturated carbocycles. The number of nitrogens with zero attached hydrogens (tertiary/aromatic N) is 4. The highest BCUT2D eigenvalue weighted by Gasteiger charge is 2.37. The molecule has 2 aliphatic heterocycles. The predicted octanol–water partition coefficient (Wildman–Crippen LogP) is 4.04. The van der Waals surface area contributed by atoms with Crippen LogP contribution in [0.5, 0.6) is 0 Å². The Morgan fingerprint density at radius 2 is 1.47 bits per heavy atom. The van der Waals surface area contributed by atoms with E-state index in [4.69, 9.17) is 0 Å². The van der Waals surface area contributed by atoms with Crippen LogP contribution in [-0.2, 0) is 12.6 Å². The summed E-state index contributed by atoms with van der Waals surface area (Å²) in [5.74, 6) is -0.0400. The van der Waals surface area contributed by atoms with Gasteiger partial charge in [-0.05, 0) is 41.8 Å². The number of alkyl halides is 3. The van der Waals surface area contributed by atoms with E-state index in [1.807, 2.05) is 21.9 Å². The molecule has 36 heavy (non-hydrogen) atoms. The molecule has 1 aromatic heterocycles. The Labute approximate surface area is 211 Å². The first-order valence-electron chi connectivity index (χ1n) is 11.7. The number of piperazine rings is 1. The van der Waals surface area contributed by atoms with Crippen molar-refractivity contribution in [3.8, 4) is 0 Å². The highest BCUT2D eigenvalue weighted by atomic mass is 32.1. The first kappa shape index (κ1) is 24.5. The van der Waals surface area contributed by atoms with Crippen LogP contribution in [0.1, 0.15) is 36.9 Å². The predicted molar refractivity (Wildman–Crippen MR) is 130 cm³/mol. The van der Waals surface area contributed by atoms with Gasteiger partial charge in [0.2, 0.25) is 0 Å². The van der Waals surface area contributed by atoms with E-state index in [0.717, 1.165) is 36.3 Å². The maximum absolute atomic E-state index is 13.0. The van der Waals surface area contributed by atoms with Crippen molar-refractivity contribution >= 4 is 23.2 Å². The number of benzene rings is 2. The number of hydrogen-bond donors (Lipinski definition) is 0. The molecular weight excluding hydrogens is 489 g/mol. The summed E-state index contributed by atoms with van der Waals surface area (Å²) >= 11 is 1.35. The van der Waals surface area contributed by atoms with Crippen LogP contribution in [0.4, 0.5) is 13.2 Å². The zero-order valence-electron chi connectivity index (χ0n) is 19.4. The van der Waals surface area contributed by atoms with Crippen molar-refractivity contribution in [2.75, 3.05) is 39.3 Å². The van der Waals surface area contributed by atoms with Crippen molar-refractivity contribution in [3.63, 3.8) is 0 Å². The Bertz CT molecular complexity index is 1200. The lowest BCUT2D eigenvalue weighted by molar-refractivity contribution is -0.137. The van der Waals surface area contributed by atoms with Gasteiger partial charge < -0.3 is 9.80 Å². The first-order valence-corrected chi connectivity index (χ1v) is 12.6. The molecule has 2 saturated heterocycles. The summed E-state index contributed by atoms with van der Waals surface area (Å²) in [4.78, 5) is 35.4. The molecule has 0 spiro atoms. The third-order valence-corrected chi connectivity index (χ3v) is 7.53. The summed E-state index contributed by atoms with van der Waals surface area (Å²) < 4.78 is 38.2. The second kappa shape index (κ2) is 10.0. The average Bonchev–Trinajstić information content (AvgIpc) is 3.39. The van der Waals surface area contributed by atoms with Gasteiger partial charge in [0.1, 0.15) is 0 Å². The van der Waals surface area contributed by atoms with Crippen LogP contribution in [-0.4, -0.2) is 76.8 Å². The summed E-state index contributed by atoms with van der Waals surface area (Å²) in [5.41, 5.74) is 1.65. The Kier molecular flexibility index (Phi) is 6.81. The molecule has 0 unspecified atom stereocenters. The van der Waals surface area contributed by atoms with Gasteiger partial charge in [0, 0.05) is 62.5 Å². The van der Waals surface area contributed by atoms with Crippen LogP contribution >= 0.6 is 11.3 Å². The summed E-state index contributed by atoms with van der Waals surface area (Å²) in [6.07, 6.45) is -2.21. The number of hydrogen-bond acceptors (Lipinski definition) is 5. The number of halogens is 3. The number of amides is 2. The molecular formula is C26H25F3N4O2S. The zero-order chi connectivity index (χ0) is 25.3. The topological polar surface area (TPSA) is 56.8 Å².